The molecule has 0 saturated carbocycles. The molecular weight excluding hydrogens is 218 g/mol. The van der Waals surface area contributed by atoms with Crippen LogP contribution in [-0.2, 0) is 6.54 Å². The predicted molar refractivity (Wildman–Crippen MR) is 81.2 cm³/mol. The van der Waals surface area contributed by atoms with Gasteiger partial charge in [-0.05, 0) is 30.9 Å². The molecule has 98 valence electrons. The Bertz CT molecular complexity index is 362. The van der Waals surface area contributed by atoms with Crippen LogP contribution in [0.2, 0.25) is 0 Å². The van der Waals surface area contributed by atoms with Crippen molar-refractivity contribution in [1.82, 2.24) is 0 Å². The van der Waals surface area contributed by atoms with Crippen molar-refractivity contribution in [3.05, 3.63) is 47.5 Å². The number of unbranched alkanes of at least 4 members (excludes halogenated alkanes) is 4. The molecule has 0 aliphatic rings. The van der Waals surface area contributed by atoms with Gasteiger partial charge in [0, 0.05) is 6.21 Å². The molecular formula is C17H25N. The van der Waals surface area contributed by atoms with Crippen molar-refractivity contribution in [2.75, 3.05) is 0 Å². The lowest BCUT2D eigenvalue weighted by Crippen LogP contribution is -1.83. The van der Waals surface area contributed by atoms with Gasteiger partial charge in [-0.2, -0.15) is 0 Å². The monoisotopic (exact) mass is 243 g/mol. The van der Waals surface area contributed by atoms with Gasteiger partial charge < -0.3 is 0 Å². The number of hydrogen-bond donors (Lipinski definition) is 0. The molecule has 0 aliphatic heterocycles. The van der Waals surface area contributed by atoms with Crippen LogP contribution in [0.25, 0.3) is 0 Å². The first-order chi connectivity index (χ1) is 8.83. The van der Waals surface area contributed by atoms with E-state index in [0.29, 0.717) is 0 Å². The Morgan fingerprint density at radius 2 is 1.89 bits per heavy atom. The summed E-state index contributed by atoms with van der Waals surface area (Å²) in [5, 5.41) is 0. The van der Waals surface area contributed by atoms with Gasteiger partial charge >= 0.3 is 0 Å². The van der Waals surface area contributed by atoms with E-state index in [-0.39, 0.29) is 0 Å². The van der Waals surface area contributed by atoms with Crippen molar-refractivity contribution in [2.24, 2.45) is 4.99 Å². The van der Waals surface area contributed by atoms with Crippen molar-refractivity contribution < 1.29 is 0 Å². The topological polar surface area (TPSA) is 12.4 Å². The molecule has 0 aromatic heterocycles. The fourth-order valence-corrected chi connectivity index (χ4v) is 1.83. The summed E-state index contributed by atoms with van der Waals surface area (Å²) >= 11 is 0. The van der Waals surface area contributed by atoms with E-state index in [9.17, 15) is 0 Å². The Balaban J connectivity index is 2.22. The minimum absolute atomic E-state index is 0.780. The lowest BCUT2D eigenvalue weighted by molar-refractivity contribution is 0.674. The zero-order chi connectivity index (χ0) is 13.1. The summed E-state index contributed by atoms with van der Waals surface area (Å²) in [6.07, 6.45) is 10.8. The van der Waals surface area contributed by atoms with Crippen LogP contribution in [0, 0.1) is 0 Å². The third-order valence-electron chi connectivity index (χ3n) is 2.94. The third-order valence-corrected chi connectivity index (χ3v) is 2.94. The van der Waals surface area contributed by atoms with Crippen LogP contribution >= 0.6 is 0 Å². The number of hydrogen-bond acceptors (Lipinski definition) is 1. The van der Waals surface area contributed by atoms with Crippen LogP contribution < -0.4 is 0 Å². The highest BCUT2D eigenvalue weighted by atomic mass is 14.7. The zero-order valence-electron chi connectivity index (χ0n) is 11.7. The molecule has 0 amide bonds. The lowest BCUT2D eigenvalue weighted by Gasteiger charge is -1.97. The maximum Gasteiger partial charge on any atom is 0.0639 e. The van der Waals surface area contributed by atoms with Crippen molar-refractivity contribution >= 4 is 6.21 Å². The standard InChI is InChI=1S/C17H25N/c1-3-4-5-6-8-11-16(2)14-18-15-17-12-9-7-10-13-17/h7,9-14H,3-6,8,15H2,1-2H3/b16-11-,18-14?. The fraction of sp³-hybridized carbons (Fsp3) is 0.471. The van der Waals surface area contributed by atoms with E-state index >= 15 is 0 Å². The molecule has 1 rings (SSSR count). The van der Waals surface area contributed by atoms with Gasteiger partial charge in [0.25, 0.3) is 0 Å². The Kier molecular flexibility index (Phi) is 7.87. The molecule has 0 radical (unpaired) electrons. The summed E-state index contributed by atoms with van der Waals surface area (Å²) < 4.78 is 0. The van der Waals surface area contributed by atoms with E-state index in [2.05, 4.69) is 49.2 Å². The molecule has 0 aliphatic carbocycles. The van der Waals surface area contributed by atoms with Gasteiger partial charge in [-0.3, -0.25) is 4.99 Å². The maximum absolute atomic E-state index is 4.46. The van der Waals surface area contributed by atoms with Gasteiger partial charge in [0.15, 0.2) is 0 Å². The van der Waals surface area contributed by atoms with Gasteiger partial charge in [-0.1, -0.05) is 62.6 Å². The van der Waals surface area contributed by atoms with Gasteiger partial charge in [-0.25, -0.2) is 0 Å². The maximum atomic E-state index is 4.46. The average molecular weight is 243 g/mol. The van der Waals surface area contributed by atoms with E-state index in [4.69, 9.17) is 0 Å². The highest BCUT2D eigenvalue weighted by Crippen LogP contribution is 2.05. The van der Waals surface area contributed by atoms with E-state index < -0.39 is 0 Å². The molecule has 0 heterocycles. The minimum Gasteiger partial charge on any atom is -0.288 e. The smallest absolute Gasteiger partial charge is 0.0639 e. The number of allylic oxidation sites excluding steroid dienone is 2. The number of nitrogens with zero attached hydrogens (tertiary/aromatic N) is 1. The van der Waals surface area contributed by atoms with E-state index in [1.165, 1.54) is 43.2 Å². The second kappa shape index (κ2) is 9.64. The van der Waals surface area contributed by atoms with Gasteiger partial charge in [0.1, 0.15) is 0 Å². The van der Waals surface area contributed by atoms with Gasteiger partial charge in [-0.15, -0.1) is 0 Å². The Morgan fingerprint density at radius 1 is 1.11 bits per heavy atom. The Labute approximate surface area is 112 Å². The zero-order valence-corrected chi connectivity index (χ0v) is 11.7. The summed E-state index contributed by atoms with van der Waals surface area (Å²) in [7, 11) is 0. The molecule has 1 nitrogen and oxygen atoms in total. The molecule has 0 bridgehead atoms. The summed E-state index contributed by atoms with van der Waals surface area (Å²) in [6, 6.07) is 10.4. The van der Waals surface area contributed by atoms with E-state index in [0.717, 1.165) is 6.54 Å². The van der Waals surface area contributed by atoms with Crippen LogP contribution in [0.15, 0.2) is 47.0 Å². The molecule has 0 fully saturated rings. The van der Waals surface area contributed by atoms with Crippen molar-refractivity contribution in [2.45, 2.75) is 52.5 Å². The molecule has 1 aromatic rings. The first-order valence-electron chi connectivity index (χ1n) is 7.03. The molecule has 0 unspecified atom stereocenters. The number of benzene rings is 1. The second-order valence-corrected chi connectivity index (χ2v) is 4.75. The summed E-state index contributed by atoms with van der Waals surface area (Å²) in [4.78, 5) is 4.46. The van der Waals surface area contributed by atoms with Gasteiger partial charge in [0.05, 0.1) is 6.54 Å². The first kappa shape index (κ1) is 14.7. The average Bonchev–Trinajstić information content (AvgIpc) is 2.40. The predicted octanol–water partition coefficient (Wildman–Crippen LogP) is 5.17. The number of rotatable bonds is 8. The molecule has 0 atom stereocenters. The molecule has 0 N–H and O–H groups in total. The first-order valence-corrected chi connectivity index (χ1v) is 7.03. The largest absolute Gasteiger partial charge is 0.288 e. The molecule has 0 saturated heterocycles. The summed E-state index contributed by atoms with van der Waals surface area (Å²) in [5.74, 6) is 0. The molecule has 18 heavy (non-hydrogen) atoms. The third kappa shape index (κ3) is 7.05. The molecule has 0 spiro atoms. The van der Waals surface area contributed by atoms with Crippen LogP contribution in [0.4, 0.5) is 0 Å². The highest BCUT2D eigenvalue weighted by Gasteiger charge is 1.88. The highest BCUT2D eigenvalue weighted by molar-refractivity contribution is 5.77. The Hall–Kier alpha value is -1.37. The summed E-state index contributed by atoms with van der Waals surface area (Å²) in [5.41, 5.74) is 2.55. The van der Waals surface area contributed by atoms with E-state index in [1.54, 1.807) is 0 Å². The van der Waals surface area contributed by atoms with Crippen LogP contribution in [0.3, 0.4) is 0 Å². The molecule has 1 heteroatoms. The SMILES string of the molecule is CCCCCC/C=C(/C)C=NCc1ccccc1. The Morgan fingerprint density at radius 3 is 2.61 bits per heavy atom. The fourth-order valence-electron chi connectivity index (χ4n) is 1.83. The van der Waals surface area contributed by atoms with Gasteiger partial charge in [0.2, 0.25) is 0 Å². The lowest BCUT2D eigenvalue weighted by atomic mass is 10.1. The van der Waals surface area contributed by atoms with Crippen LogP contribution in [-0.4, -0.2) is 6.21 Å². The number of aliphatic imine (C=N–C) groups is 1. The van der Waals surface area contributed by atoms with Crippen molar-refractivity contribution in [3.63, 3.8) is 0 Å². The molecule has 1 aromatic carbocycles. The van der Waals surface area contributed by atoms with Crippen LogP contribution in [0.1, 0.15) is 51.5 Å². The second-order valence-electron chi connectivity index (χ2n) is 4.75. The summed E-state index contributed by atoms with van der Waals surface area (Å²) in [6.45, 7) is 5.16. The van der Waals surface area contributed by atoms with Crippen molar-refractivity contribution in [1.29, 1.82) is 0 Å². The van der Waals surface area contributed by atoms with E-state index in [1.807, 2.05) is 12.3 Å². The minimum atomic E-state index is 0.780. The quantitative estimate of drug-likeness (QED) is 0.441. The normalized spacial score (nSPS) is 12.2. The van der Waals surface area contributed by atoms with Crippen LogP contribution in [0.5, 0.6) is 0 Å². The van der Waals surface area contributed by atoms with Crippen molar-refractivity contribution in [3.8, 4) is 0 Å².